The van der Waals surface area contributed by atoms with Gasteiger partial charge in [-0.15, -0.1) is 0 Å². The molecule has 0 saturated heterocycles. The molecule has 3 heteroatoms. The Morgan fingerprint density at radius 1 is 1.06 bits per heavy atom. The summed E-state index contributed by atoms with van der Waals surface area (Å²) >= 11 is 0. The van der Waals surface area contributed by atoms with Gasteiger partial charge < -0.3 is 8.83 Å². The van der Waals surface area contributed by atoms with E-state index < -0.39 is 5.82 Å². The maximum Gasteiger partial charge on any atom is 0.518 e. The van der Waals surface area contributed by atoms with Crippen molar-refractivity contribution in [3.8, 4) is 0 Å². The van der Waals surface area contributed by atoms with Gasteiger partial charge in [0.25, 0.3) is 0 Å². The number of unbranched alkanes of at least 4 members (excludes halogenated alkanes) is 4. The summed E-state index contributed by atoms with van der Waals surface area (Å²) in [6, 6.07) is 0. The lowest BCUT2D eigenvalue weighted by atomic mass is 9.91. The second-order valence-corrected chi connectivity index (χ2v) is 5.12. The van der Waals surface area contributed by atoms with Gasteiger partial charge in [0.1, 0.15) is 12.0 Å². The third-order valence-corrected chi connectivity index (χ3v) is 3.42. The monoisotopic (exact) mass is 254 g/mol. The van der Waals surface area contributed by atoms with Crippen molar-refractivity contribution < 1.29 is 8.83 Å². The molecule has 1 atom stereocenters. The molecule has 0 aliphatic heterocycles. The van der Waals surface area contributed by atoms with Crippen LogP contribution in [0.25, 0.3) is 0 Å². The highest BCUT2D eigenvalue weighted by molar-refractivity contribution is 4.87. The SMILES string of the molecule is CCCCCCC(CCCC)Cc1coc(=O)o1. The minimum Gasteiger partial charge on any atom is -0.399 e. The van der Waals surface area contributed by atoms with E-state index in [-0.39, 0.29) is 0 Å². The van der Waals surface area contributed by atoms with Crippen LogP contribution in [0, 0.1) is 5.92 Å². The molecule has 104 valence electrons. The molecule has 0 spiro atoms. The standard InChI is InChI=1S/C15H26O3/c1-3-5-7-8-10-13(9-6-4-2)11-14-12-17-15(16)18-14/h12-13H,3-11H2,1-2H3. The predicted molar refractivity (Wildman–Crippen MR) is 72.7 cm³/mol. The highest BCUT2D eigenvalue weighted by atomic mass is 16.6. The normalized spacial score (nSPS) is 12.8. The van der Waals surface area contributed by atoms with E-state index in [0.29, 0.717) is 11.7 Å². The van der Waals surface area contributed by atoms with E-state index in [4.69, 9.17) is 8.83 Å². The summed E-state index contributed by atoms with van der Waals surface area (Å²) in [6.07, 6.45) is 12.4. The molecule has 0 amide bonds. The Kier molecular flexibility index (Phi) is 7.54. The van der Waals surface area contributed by atoms with Crippen molar-refractivity contribution in [2.24, 2.45) is 5.92 Å². The van der Waals surface area contributed by atoms with Crippen LogP contribution in [0.2, 0.25) is 0 Å². The Labute approximate surface area is 110 Å². The maximum absolute atomic E-state index is 10.9. The van der Waals surface area contributed by atoms with E-state index in [1.165, 1.54) is 57.6 Å². The first-order valence-electron chi connectivity index (χ1n) is 7.33. The summed E-state index contributed by atoms with van der Waals surface area (Å²) in [5, 5.41) is 0. The second kappa shape index (κ2) is 9.01. The highest BCUT2D eigenvalue weighted by Crippen LogP contribution is 2.21. The molecule has 0 N–H and O–H groups in total. The van der Waals surface area contributed by atoms with E-state index in [1.807, 2.05) is 0 Å². The Hall–Kier alpha value is -0.990. The average molecular weight is 254 g/mol. The third kappa shape index (κ3) is 6.08. The average Bonchev–Trinajstić information content (AvgIpc) is 2.77. The number of rotatable bonds is 10. The van der Waals surface area contributed by atoms with Gasteiger partial charge in [0, 0.05) is 6.42 Å². The Balaban J connectivity index is 2.36. The van der Waals surface area contributed by atoms with Gasteiger partial charge in [0.15, 0.2) is 0 Å². The number of hydrogen-bond donors (Lipinski definition) is 0. The van der Waals surface area contributed by atoms with E-state index in [9.17, 15) is 4.79 Å². The van der Waals surface area contributed by atoms with Gasteiger partial charge in [0.05, 0.1) is 0 Å². The predicted octanol–water partition coefficient (Wildman–Crippen LogP) is 4.55. The first-order chi connectivity index (χ1) is 8.76. The fourth-order valence-corrected chi connectivity index (χ4v) is 2.34. The Bertz CT molecular complexity index is 351. The van der Waals surface area contributed by atoms with Gasteiger partial charge in [0.2, 0.25) is 0 Å². The molecule has 1 heterocycles. The molecule has 1 aromatic rings. The molecule has 0 fully saturated rings. The zero-order valence-electron chi connectivity index (χ0n) is 11.7. The quantitative estimate of drug-likeness (QED) is 0.575. The van der Waals surface area contributed by atoms with Crippen LogP contribution >= 0.6 is 0 Å². The molecular formula is C15H26O3. The lowest BCUT2D eigenvalue weighted by Crippen LogP contribution is -2.05. The molecule has 0 radical (unpaired) electrons. The van der Waals surface area contributed by atoms with Crippen molar-refractivity contribution in [1.29, 1.82) is 0 Å². The third-order valence-electron chi connectivity index (χ3n) is 3.42. The van der Waals surface area contributed by atoms with Gasteiger partial charge in [-0.05, 0) is 5.92 Å². The molecule has 1 aromatic heterocycles. The molecule has 0 aliphatic rings. The zero-order valence-corrected chi connectivity index (χ0v) is 11.7. The molecule has 1 unspecified atom stereocenters. The summed E-state index contributed by atoms with van der Waals surface area (Å²) in [4.78, 5) is 10.9. The largest absolute Gasteiger partial charge is 0.518 e. The molecule has 1 rings (SSSR count). The van der Waals surface area contributed by atoms with Crippen LogP contribution < -0.4 is 5.82 Å². The summed E-state index contributed by atoms with van der Waals surface area (Å²) in [7, 11) is 0. The molecule has 0 bridgehead atoms. The molecule has 0 aromatic carbocycles. The van der Waals surface area contributed by atoms with E-state index in [0.717, 1.165) is 6.42 Å². The topological polar surface area (TPSA) is 43.4 Å². The van der Waals surface area contributed by atoms with Gasteiger partial charge in [-0.25, -0.2) is 4.79 Å². The van der Waals surface area contributed by atoms with E-state index in [1.54, 1.807) is 0 Å². The van der Waals surface area contributed by atoms with Crippen LogP contribution in [-0.2, 0) is 6.42 Å². The second-order valence-electron chi connectivity index (χ2n) is 5.12. The Morgan fingerprint density at radius 2 is 1.78 bits per heavy atom. The summed E-state index contributed by atoms with van der Waals surface area (Å²) in [6.45, 7) is 4.45. The summed E-state index contributed by atoms with van der Waals surface area (Å²) < 4.78 is 9.69. The number of hydrogen-bond acceptors (Lipinski definition) is 3. The zero-order chi connectivity index (χ0) is 13.2. The minimum absolute atomic E-state index is 0.578. The molecule has 18 heavy (non-hydrogen) atoms. The Morgan fingerprint density at radius 3 is 2.39 bits per heavy atom. The molecule has 0 saturated carbocycles. The van der Waals surface area contributed by atoms with Crippen LogP contribution in [0.3, 0.4) is 0 Å². The first kappa shape index (κ1) is 15.1. The highest BCUT2D eigenvalue weighted by Gasteiger charge is 2.12. The van der Waals surface area contributed by atoms with Gasteiger partial charge >= 0.3 is 5.82 Å². The fourth-order valence-electron chi connectivity index (χ4n) is 2.34. The van der Waals surface area contributed by atoms with Gasteiger partial charge in [-0.2, -0.15) is 0 Å². The lowest BCUT2D eigenvalue weighted by Gasteiger charge is -2.14. The first-order valence-corrected chi connectivity index (χ1v) is 7.33. The van der Waals surface area contributed by atoms with Crippen molar-refractivity contribution in [2.45, 2.75) is 71.6 Å². The summed E-state index contributed by atoms with van der Waals surface area (Å²) in [5.74, 6) is 0.754. The van der Waals surface area contributed by atoms with Gasteiger partial charge in [-0.3, -0.25) is 0 Å². The van der Waals surface area contributed by atoms with Crippen molar-refractivity contribution in [1.82, 2.24) is 0 Å². The molecular weight excluding hydrogens is 228 g/mol. The molecule has 3 nitrogen and oxygen atoms in total. The van der Waals surface area contributed by atoms with Crippen LogP contribution in [0.1, 0.15) is 71.0 Å². The summed E-state index contributed by atoms with van der Waals surface area (Å²) in [5.41, 5.74) is 0. The van der Waals surface area contributed by atoms with Crippen LogP contribution in [0.4, 0.5) is 0 Å². The van der Waals surface area contributed by atoms with Crippen molar-refractivity contribution >= 4 is 0 Å². The van der Waals surface area contributed by atoms with Crippen LogP contribution in [0.15, 0.2) is 19.9 Å². The minimum atomic E-state index is -0.578. The van der Waals surface area contributed by atoms with E-state index in [2.05, 4.69) is 13.8 Å². The van der Waals surface area contributed by atoms with Crippen LogP contribution in [-0.4, -0.2) is 0 Å². The van der Waals surface area contributed by atoms with Gasteiger partial charge in [-0.1, -0.05) is 65.2 Å². The lowest BCUT2D eigenvalue weighted by molar-refractivity contribution is 0.345. The van der Waals surface area contributed by atoms with E-state index >= 15 is 0 Å². The van der Waals surface area contributed by atoms with Crippen molar-refractivity contribution in [2.75, 3.05) is 0 Å². The van der Waals surface area contributed by atoms with Crippen molar-refractivity contribution in [3.05, 3.63) is 22.6 Å². The maximum atomic E-state index is 10.9. The molecule has 0 aliphatic carbocycles. The van der Waals surface area contributed by atoms with Crippen LogP contribution in [0.5, 0.6) is 0 Å². The fraction of sp³-hybridized carbons (Fsp3) is 0.800. The van der Waals surface area contributed by atoms with Crippen molar-refractivity contribution in [3.63, 3.8) is 0 Å². The smallest absolute Gasteiger partial charge is 0.399 e.